The molecule has 4 rings (SSSR count). The number of aromatic nitrogens is 2. The zero-order valence-corrected chi connectivity index (χ0v) is 17.2. The second-order valence-electron chi connectivity index (χ2n) is 6.96. The van der Waals surface area contributed by atoms with Gasteiger partial charge in [0.25, 0.3) is 5.69 Å². The lowest BCUT2D eigenvalue weighted by atomic mass is 10.1. The van der Waals surface area contributed by atoms with E-state index in [2.05, 4.69) is 10.3 Å². The molecule has 0 aliphatic carbocycles. The largest absolute Gasteiger partial charge is 0.493 e. The summed E-state index contributed by atoms with van der Waals surface area (Å²) in [5, 5.41) is 13.9. The fraction of sp³-hybridized carbons (Fsp3) is 0.130. The van der Waals surface area contributed by atoms with Crippen LogP contribution in [0.1, 0.15) is 11.3 Å². The van der Waals surface area contributed by atoms with Crippen LogP contribution in [0.15, 0.2) is 73.1 Å². The minimum Gasteiger partial charge on any atom is -0.493 e. The van der Waals surface area contributed by atoms with Crippen molar-refractivity contribution < 1.29 is 19.2 Å². The van der Waals surface area contributed by atoms with Crippen LogP contribution in [0.2, 0.25) is 0 Å². The summed E-state index contributed by atoms with van der Waals surface area (Å²) in [6, 6.07) is 16.9. The number of hydrogen-bond donors (Lipinski definition) is 1. The maximum Gasteiger partial charge on any atom is 0.273 e. The van der Waals surface area contributed by atoms with Gasteiger partial charge in [-0.3, -0.25) is 14.9 Å². The maximum atomic E-state index is 12.5. The number of nitrogens with one attached hydrogen (secondary N) is 1. The van der Waals surface area contributed by atoms with Crippen molar-refractivity contribution in [3.63, 3.8) is 0 Å². The van der Waals surface area contributed by atoms with Gasteiger partial charge >= 0.3 is 0 Å². The Balaban J connectivity index is 1.46. The number of nitro benzene ring substituents is 1. The van der Waals surface area contributed by atoms with E-state index < -0.39 is 4.92 Å². The summed E-state index contributed by atoms with van der Waals surface area (Å²) in [7, 11) is 1.53. The number of fused-ring (bicyclic) bond motifs is 1. The molecule has 9 nitrogen and oxygen atoms in total. The Hall–Kier alpha value is -4.40. The predicted octanol–water partition coefficient (Wildman–Crippen LogP) is 4.01. The summed E-state index contributed by atoms with van der Waals surface area (Å²) in [5.74, 6) is 0.564. The van der Waals surface area contributed by atoms with E-state index in [0.29, 0.717) is 22.7 Å². The zero-order valence-electron chi connectivity index (χ0n) is 17.2. The SMILES string of the molecule is COc1ccc(NC(=O)Cc2ccccc2[N+](=O)[O-])cc1OCc1cn2ccccc2n1. The first-order valence-electron chi connectivity index (χ1n) is 9.79. The molecule has 0 atom stereocenters. The van der Waals surface area contributed by atoms with Gasteiger partial charge in [0.15, 0.2) is 11.5 Å². The van der Waals surface area contributed by atoms with Gasteiger partial charge in [0.05, 0.1) is 24.1 Å². The first-order chi connectivity index (χ1) is 15.5. The number of nitrogens with zero attached hydrogens (tertiary/aromatic N) is 3. The van der Waals surface area contributed by atoms with Gasteiger partial charge in [-0.15, -0.1) is 0 Å². The highest BCUT2D eigenvalue weighted by Gasteiger charge is 2.16. The number of carbonyl (C=O) groups excluding carboxylic acids is 1. The van der Waals surface area contributed by atoms with Gasteiger partial charge in [-0.05, 0) is 24.3 Å². The monoisotopic (exact) mass is 432 g/mol. The number of benzene rings is 2. The van der Waals surface area contributed by atoms with Gasteiger partial charge < -0.3 is 19.2 Å². The molecule has 1 amide bonds. The number of rotatable bonds is 8. The van der Waals surface area contributed by atoms with Gasteiger partial charge in [-0.2, -0.15) is 0 Å². The van der Waals surface area contributed by atoms with Crippen LogP contribution in [0.4, 0.5) is 11.4 Å². The minimum absolute atomic E-state index is 0.0890. The zero-order chi connectivity index (χ0) is 22.5. The smallest absolute Gasteiger partial charge is 0.273 e. The van der Waals surface area contributed by atoms with E-state index in [0.717, 1.165) is 11.3 Å². The molecule has 2 aromatic carbocycles. The van der Waals surface area contributed by atoms with Crippen LogP contribution in [0, 0.1) is 10.1 Å². The fourth-order valence-corrected chi connectivity index (χ4v) is 3.29. The standard InChI is InChI=1S/C23H20N4O5/c1-31-20-10-9-17(25-23(28)12-16-6-2-3-7-19(16)27(29)30)13-21(20)32-15-18-14-26-11-5-4-8-22(26)24-18/h2-11,13-14H,12,15H2,1H3,(H,25,28). The molecule has 162 valence electrons. The Labute approximate surface area is 183 Å². The molecule has 2 aromatic heterocycles. The molecule has 0 saturated heterocycles. The molecule has 0 bridgehead atoms. The van der Waals surface area contributed by atoms with Crippen LogP contribution < -0.4 is 14.8 Å². The Morgan fingerprint density at radius 2 is 1.94 bits per heavy atom. The van der Waals surface area contributed by atoms with Crippen molar-refractivity contribution in [3.05, 3.63) is 94.4 Å². The van der Waals surface area contributed by atoms with Crippen LogP contribution in [-0.4, -0.2) is 27.3 Å². The molecule has 0 radical (unpaired) electrons. The predicted molar refractivity (Wildman–Crippen MR) is 118 cm³/mol. The van der Waals surface area contributed by atoms with E-state index >= 15 is 0 Å². The number of pyridine rings is 1. The second kappa shape index (κ2) is 9.17. The number of ether oxygens (including phenoxy) is 2. The summed E-state index contributed by atoms with van der Waals surface area (Å²) in [6.07, 6.45) is 3.65. The quantitative estimate of drug-likeness (QED) is 0.333. The highest BCUT2D eigenvalue weighted by atomic mass is 16.6. The molecule has 0 saturated carbocycles. The average Bonchev–Trinajstić information content (AvgIpc) is 3.21. The molecular weight excluding hydrogens is 412 g/mol. The highest BCUT2D eigenvalue weighted by molar-refractivity contribution is 5.93. The van der Waals surface area contributed by atoms with Gasteiger partial charge in [-0.25, -0.2) is 4.98 Å². The number of nitro groups is 1. The molecule has 0 aliphatic heterocycles. The molecule has 32 heavy (non-hydrogen) atoms. The summed E-state index contributed by atoms with van der Waals surface area (Å²) < 4.78 is 13.1. The third kappa shape index (κ3) is 4.67. The number of anilines is 1. The summed E-state index contributed by atoms with van der Waals surface area (Å²) in [4.78, 5) is 27.6. The Bertz CT molecular complexity index is 1250. The van der Waals surface area contributed by atoms with Crippen LogP contribution >= 0.6 is 0 Å². The summed E-state index contributed by atoms with van der Waals surface area (Å²) in [5.41, 5.74) is 2.29. The van der Waals surface area contributed by atoms with E-state index in [9.17, 15) is 14.9 Å². The van der Waals surface area contributed by atoms with Gasteiger partial charge in [0.1, 0.15) is 12.3 Å². The van der Waals surface area contributed by atoms with E-state index in [1.807, 2.05) is 35.0 Å². The molecule has 9 heteroatoms. The van der Waals surface area contributed by atoms with Crippen LogP contribution in [0.25, 0.3) is 5.65 Å². The van der Waals surface area contributed by atoms with Crippen molar-refractivity contribution in [1.82, 2.24) is 9.38 Å². The van der Waals surface area contributed by atoms with Crippen molar-refractivity contribution >= 4 is 22.9 Å². The second-order valence-corrected chi connectivity index (χ2v) is 6.96. The first kappa shape index (κ1) is 20.9. The van der Waals surface area contributed by atoms with Crippen molar-refractivity contribution in [2.45, 2.75) is 13.0 Å². The molecule has 2 heterocycles. The third-order valence-electron chi connectivity index (χ3n) is 4.78. The van der Waals surface area contributed by atoms with E-state index in [1.54, 1.807) is 36.4 Å². The van der Waals surface area contributed by atoms with Crippen molar-refractivity contribution in [2.75, 3.05) is 12.4 Å². The number of para-hydroxylation sites is 1. The number of hydrogen-bond acceptors (Lipinski definition) is 6. The normalized spacial score (nSPS) is 10.7. The van der Waals surface area contributed by atoms with E-state index in [-0.39, 0.29) is 24.6 Å². The fourth-order valence-electron chi connectivity index (χ4n) is 3.29. The number of imidazole rings is 1. The lowest BCUT2D eigenvalue weighted by molar-refractivity contribution is -0.385. The lowest BCUT2D eigenvalue weighted by Gasteiger charge is -2.12. The lowest BCUT2D eigenvalue weighted by Crippen LogP contribution is -2.15. The van der Waals surface area contributed by atoms with Gasteiger partial charge in [0, 0.05) is 35.8 Å². The maximum absolute atomic E-state index is 12.5. The summed E-state index contributed by atoms with van der Waals surface area (Å²) >= 11 is 0. The van der Waals surface area contributed by atoms with Crippen LogP contribution in [0.3, 0.4) is 0 Å². The van der Waals surface area contributed by atoms with E-state index in [1.165, 1.54) is 13.2 Å². The van der Waals surface area contributed by atoms with Gasteiger partial charge in [0.2, 0.25) is 5.91 Å². The molecule has 0 spiro atoms. The summed E-state index contributed by atoms with van der Waals surface area (Å²) in [6.45, 7) is 0.214. The number of carbonyl (C=O) groups is 1. The van der Waals surface area contributed by atoms with Crippen molar-refractivity contribution in [3.8, 4) is 11.5 Å². The minimum atomic E-state index is -0.499. The molecular formula is C23H20N4O5. The topological polar surface area (TPSA) is 108 Å². The van der Waals surface area contributed by atoms with Crippen LogP contribution in [-0.2, 0) is 17.8 Å². The third-order valence-corrected chi connectivity index (χ3v) is 4.78. The molecule has 0 fully saturated rings. The molecule has 4 aromatic rings. The number of methoxy groups -OCH3 is 1. The first-order valence-corrected chi connectivity index (χ1v) is 9.79. The Morgan fingerprint density at radius 3 is 2.72 bits per heavy atom. The van der Waals surface area contributed by atoms with Crippen molar-refractivity contribution in [2.24, 2.45) is 0 Å². The highest BCUT2D eigenvalue weighted by Crippen LogP contribution is 2.31. The van der Waals surface area contributed by atoms with E-state index in [4.69, 9.17) is 9.47 Å². The van der Waals surface area contributed by atoms with Crippen LogP contribution in [0.5, 0.6) is 11.5 Å². The average molecular weight is 432 g/mol. The molecule has 1 N–H and O–H groups in total. The Morgan fingerprint density at radius 1 is 1.12 bits per heavy atom. The van der Waals surface area contributed by atoms with Crippen molar-refractivity contribution in [1.29, 1.82) is 0 Å². The Kier molecular flexibility index (Phi) is 5.98. The molecule has 0 unspecified atom stereocenters. The number of amides is 1. The molecule has 0 aliphatic rings. The van der Waals surface area contributed by atoms with Gasteiger partial charge in [-0.1, -0.05) is 24.3 Å².